The van der Waals surface area contributed by atoms with Crippen molar-refractivity contribution in [3.8, 4) is 5.75 Å². The van der Waals surface area contributed by atoms with E-state index in [0.29, 0.717) is 23.5 Å². The molecule has 0 spiro atoms. The molecular formula is C11H12O4. The summed E-state index contributed by atoms with van der Waals surface area (Å²) >= 11 is 0. The third-order valence-electron chi connectivity index (χ3n) is 2.45. The Balaban J connectivity index is 2.48. The monoisotopic (exact) mass is 208 g/mol. The van der Waals surface area contributed by atoms with Gasteiger partial charge in [-0.3, -0.25) is 0 Å². The van der Waals surface area contributed by atoms with Gasteiger partial charge in [-0.25, -0.2) is 4.79 Å². The number of fused-ring (bicyclic) bond motifs is 1. The normalized spacial score (nSPS) is 13.2. The first-order valence-electron chi connectivity index (χ1n) is 4.74. The third-order valence-corrected chi connectivity index (χ3v) is 2.45. The third kappa shape index (κ3) is 1.68. The maximum absolute atomic E-state index is 11.3. The van der Waals surface area contributed by atoms with Crippen molar-refractivity contribution >= 4 is 5.97 Å². The van der Waals surface area contributed by atoms with Gasteiger partial charge in [0.25, 0.3) is 0 Å². The highest BCUT2D eigenvalue weighted by Gasteiger charge is 2.19. The van der Waals surface area contributed by atoms with Crippen molar-refractivity contribution in [1.82, 2.24) is 0 Å². The SMILES string of the molecule is COC(=O)c1cc(CO)c2c(c1)CCO2. The second-order valence-electron chi connectivity index (χ2n) is 3.37. The van der Waals surface area contributed by atoms with Crippen LogP contribution in [0.15, 0.2) is 12.1 Å². The summed E-state index contributed by atoms with van der Waals surface area (Å²) in [4.78, 5) is 11.3. The van der Waals surface area contributed by atoms with E-state index in [1.54, 1.807) is 12.1 Å². The lowest BCUT2D eigenvalue weighted by molar-refractivity contribution is 0.0600. The van der Waals surface area contributed by atoms with E-state index in [0.717, 1.165) is 12.0 Å². The van der Waals surface area contributed by atoms with Gasteiger partial charge in [-0.15, -0.1) is 0 Å². The molecule has 15 heavy (non-hydrogen) atoms. The second-order valence-corrected chi connectivity index (χ2v) is 3.37. The van der Waals surface area contributed by atoms with Crippen LogP contribution in [0.1, 0.15) is 21.5 Å². The minimum absolute atomic E-state index is 0.132. The lowest BCUT2D eigenvalue weighted by atomic mass is 10.0. The molecule has 1 heterocycles. The Hall–Kier alpha value is -1.55. The van der Waals surface area contributed by atoms with Gasteiger partial charge in [0.15, 0.2) is 0 Å². The second kappa shape index (κ2) is 3.90. The molecule has 1 aromatic carbocycles. The number of hydrogen-bond acceptors (Lipinski definition) is 4. The highest BCUT2D eigenvalue weighted by Crippen LogP contribution is 2.31. The Kier molecular flexibility index (Phi) is 2.60. The largest absolute Gasteiger partial charge is 0.493 e. The number of carbonyl (C=O) groups excluding carboxylic acids is 1. The molecule has 1 aliphatic rings. The molecule has 0 atom stereocenters. The zero-order valence-corrected chi connectivity index (χ0v) is 8.45. The van der Waals surface area contributed by atoms with Gasteiger partial charge < -0.3 is 14.6 Å². The molecule has 0 amide bonds. The number of ether oxygens (including phenoxy) is 2. The van der Waals surface area contributed by atoms with E-state index in [4.69, 9.17) is 9.84 Å². The predicted molar refractivity (Wildman–Crippen MR) is 52.9 cm³/mol. The van der Waals surface area contributed by atoms with Crippen molar-refractivity contribution in [1.29, 1.82) is 0 Å². The summed E-state index contributed by atoms with van der Waals surface area (Å²) < 4.78 is 10.0. The van der Waals surface area contributed by atoms with Gasteiger partial charge >= 0.3 is 5.97 Å². The van der Waals surface area contributed by atoms with Crippen LogP contribution in [0.25, 0.3) is 0 Å². The molecule has 2 rings (SSSR count). The van der Waals surface area contributed by atoms with Gasteiger partial charge in [-0.2, -0.15) is 0 Å². The zero-order chi connectivity index (χ0) is 10.8. The number of methoxy groups -OCH3 is 1. The van der Waals surface area contributed by atoms with E-state index in [1.165, 1.54) is 7.11 Å². The molecule has 0 unspecified atom stereocenters. The van der Waals surface area contributed by atoms with Crippen molar-refractivity contribution in [3.05, 3.63) is 28.8 Å². The first-order chi connectivity index (χ1) is 7.26. The lowest BCUT2D eigenvalue weighted by Gasteiger charge is -2.07. The topological polar surface area (TPSA) is 55.8 Å². The van der Waals surface area contributed by atoms with Gasteiger partial charge in [0.1, 0.15) is 5.75 Å². The maximum atomic E-state index is 11.3. The average molecular weight is 208 g/mol. The number of rotatable bonds is 2. The fourth-order valence-corrected chi connectivity index (χ4v) is 1.74. The molecule has 0 aromatic heterocycles. The summed E-state index contributed by atoms with van der Waals surface area (Å²) in [6.45, 7) is 0.472. The molecule has 1 aliphatic heterocycles. The van der Waals surface area contributed by atoms with Gasteiger partial charge in [-0.05, 0) is 17.7 Å². The van der Waals surface area contributed by atoms with Crippen LogP contribution in [-0.4, -0.2) is 24.8 Å². The average Bonchev–Trinajstić information content (AvgIpc) is 2.74. The van der Waals surface area contributed by atoms with E-state index in [2.05, 4.69) is 4.74 Å². The van der Waals surface area contributed by atoms with Crippen molar-refractivity contribution < 1.29 is 19.4 Å². The smallest absolute Gasteiger partial charge is 0.337 e. The van der Waals surface area contributed by atoms with Crippen molar-refractivity contribution in [3.63, 3.8) is 0 Å². The van der Waals surface area contributed by atoms with Crippen LogP contribution in [0.4, 0.5) is 0 Å². The highest BCUT2D eigenvalue weighted by atomic mass is 16.5. The molecule has 80 valence electrons. The van der Waals surface area contributed by atoms with Crippen molar-refractivity contribution in [2.24, 2.45) is 0 Å². The Morgan fingerprint density at radius 2 is 2.40 bits per heavy atom. The Labute approximate surface area is 87.4 Å². The molecule has 0 aliphatic carbocycles. The summed E-state index contributed by atoms with van der Waals surface area (Å²) in [5, 5.41) is 9.15. The molecular weight excluding hydrogens is 196 g/mol. The molecule has 1 aromatic rings. The van der Waals surface area contributed by atoms with Crippen molar-refractivity contribution in [2.45, 2.75) is 13.0 Å². The van der Waals surface area contributed by atoms with Gasteiger partial charge in [-0.1, -0.05) is 0 Å². The minimum atomic E-state index is -0.389. The highest BCUT2D eigenvalue weighted by molar-refractivity contribution is 5.90. The Bertz CT molecular complexity index is 398. The first-order valence-corrected chi connectivity index (χ1v) is 4.74. The van der Waals surface area contributed by atoms with Gasteiger partial charge in [0, 0.05) is 12.0 Å². The number of esters is 1. The van der Waals surface area contributed by atoms with Crippen LogP contribution in [0.5, 0.6) is 5.75 Å². The molecule has 0 fully saturated rings. The molecule has 0 bridgehead atoms. The number of aliphatic hydroxyl groups is 1. The van der Waals surface area contributed by atoms with Crippen LogP contribution in [0.2, 0.25) is 0 Å². The quantitative estimate of drug-likeness (QED) is 0.734. The van der Waals surface area contributed by atoms with E-state index in [9.17, 15) is 4.79 Å². The summed E-state index contributed by atoms with van der Waals surface area (Å²) in [6, 6.07) is 3.36. The van der Waals surface area contributed by atoms with Gasteiger partial charge in [0.2, 0.25) is 0 Å². The summed E-state index contributed by atoms with van der Waals surface area (Å²) in [5.74, 6) is 0.324. The summed E-state index contributed by atoms with van der Waals surface area (Å²) in [6.07, 6.45) is 0.771. The van der Waals surface area contributed by atoms with E-state index in [1.807, 2.05) is 0 Å². The minimum Gasteiger partial charge on any atom is -0.493 e. The van der Waals surface area contributed by atoms with E-state index >= 15 is 0 Å². The van der Waals surface area contributed by atoms with E-state index < -0.39 is 0 Å². The van der Waals surface area contributed by atoms with Crippen LogP contribution in [0.3, 0.4) is 0 Å². The van der Waals surface area contributed by atoms with E-state index in [-0.39, 0.29) is 12.6 Å². The fourth-order valence-electron chi connectivity index (χ4n) is 1.74. The van der Waals surface area contributed by atoms with Gasteiger partial charge in [0.05, 0.1) is 25.9 Å². The lowest BCUT2D eigenvalue weighted by Crippen LogP contribution is -2.03. The van der Waals surface area contributed by atoms with Crippen LogP contribution in [0, 0.1) is 0 Å². The zero-order valence-electron chi connectivity index (χ0n) is 8.45. The standard InChI is InChI=1S/C11H12O4/c1-14-11(13)8-4-7-2-3-15-10(7)9(5-8)6-12/h4-5,12H,2-3,6H2,1H3. The number of aliphatic hydroxyl groups excluding tert-OH is 1. The predicted octanol–water partition coefficient (Wildman–Crippen LogP) is 0.900. The van der Waals surface area contributed by atoms with Crippen LogP contribution >= 0.6 is 0 Å². The number of benzene rings is 1. The summed E-state index contributed by atoms with van der Waals surface area (Å²) in [5.41, 5.74) is 2.07. The molecule has 0 radical (unpaired) electrons. The van der Waals surface area contributed by atoms with Crippen molar-refractivity contribution in [2.75, 3.05) is 13.7 Å². The van der Waals surface area contributed by atoms with Crippen LogP contribution in [-0.2, 0) is 17.8 Å². The molecule has 4 heteroatoms. The number of carbonyl (C=O) groups is 1. The molecule has 1 N–H and O–H groups in total. The number of hydrogen-bond donors (Lipinski definition) is 1. The molecule has 4 nitrogen and oxygen atoms in total. The first kappa shape index (κ1) is 9.98. The molecule has 0 saturated carbocycles. The maximum Gasteiger partial charge on any atom is 0.337 e. The summed E-state index contributed by atoms with van der Waals surface area (Å²) in [7, 11) is 1.34. The Morgan fingerprint density at radius 3 is 3.07 bits per heavy atom. The van der Waals surface area contributed by atoms with Crippen LogP contribution < -0.4 is 4.74 Å². The fraction of sp³-hybridized carbons (Fsp3) is 0.364. The molecule has 0 saturated heterocycles. The Morgan fingerprint density at radius 1 is 1.60 bits per heavy atom.